The van der Waals surface area contributed by atoms with Crippen LogP contribution in [0.5, 0.6) is 0 Å². The highest BCUT2D eigenvalue weighted by Gasteiger charge is 2.20. The van der Waals surface area contributed by atoms with Crippen molar-refractivity contribution >= 4 is 17.4 Å². The van der Waals surface area contributed by atoms with Gasteiger partial charge in [0, 0.05) is 0 Å². The third-order valence-corrected chi connectivity index (χ3v) is 0.985. The second-order valence-corrected chi connectivity index (χ2v) is 3.03. The Bertz CT molecular complexity index is 219. The third kappa shape index (κ3) is 56.9. The lowest BCUT2D eigenvalue weighted by Gasteiger charge is -1.94. The molecular weight excluding hydrogens is 203 g/mol. The van der Waals surface area contributed by atoms with Crippen LogP contribution in [0.4, 0.5) is 17.3 Å². The molecule has 0 amide bonds. The van der Waals surface area contributed by atoms with Crippen molar-refractivity contribution in [3.05, 3.63) is 12.7 Å². The van der Waals surface area contributed by atoms with Gasteiger partial charge >= 0.3 is 8.68 Å². The Kier molecular flexibility index (Phi) is 6.00. The van der Waals surface area contributed by atoms with Crippen LogP contribution in [-0.2, 0) is 10.1 Å². The quantitative estimate of drug-likeness (QED) is 0.325. The van der Waals surface area contributed by atoms with E-state index < -0.39 is 17.4 Å². The topological polar surface area (TPSA) is 54.4 Å². The molecule has 0 saturated carbocycles. The van der Waals surface area contributed by atoms with Crippen LogP contribution in [-0.4, -0.2) is 26.0 Å². The zero-order chi connectivity index (χ0) is 10.4. The fraction of sp³-hybridized carbons (Fsp3) is 0.333. The second-order valence-electron chi connectivity index (χ2n) is 1.53. The van der Waals surface area contributed by atoms with Gasteiger partial charge in [0.25, 0.3) is 10.1 Å². The summed E-state index contributed by atoms with van der Waals surface area (Å²) in [7, 11) is -9.79. The first-order valence-corrected chi connectivity index (χ1v) is 4.10. The highest BCUT2D eigenvalue weighted by molar-refractivity contribution is 7.85. The Morgan fingerprint density at radius 2 is 1.67 bits per heavy atom. The summed E-state index contributed by atoms with van der Waals surface area (Å²) in [6, 6.07) is 0. The molecule has 0 unspecified atom stereocenters. The first-order valence-electron chi connectivity index (χ1n) is 2.49. The molecule has 1 N–H and O–H groups in total. The molecule has 0 aliphatic heterocycles. The molecule has 0 aromatic rings. The zero-order valence-electron chi connectivity index (χ0n) is 6.75. The van der Waals surface area contributed by atoms with Gasteiger partial charge in [-0.05, 0) is 0 Å². The molecule has 0 heterocycles. The van der Waals surface area contributed by atoms with Crippen LogP contribution in [0.15, 0.2) is 12.7 Å². The van der Waals surface area contributed by atoms with Gasteiger partial charge in [-0.1, -0.05) is 6.08 Å². The SMILES string of the molecule is C=CCS(=O)(=O)O.F[B-](F)(F)F.[H+]. The van der Waals surface area contributed by atoms with Gasteiger partial charge in [-0.3, -0.25) is 4.55 Å². The fourth-order valence-corrected chi connectivity index (χ4v) is 0.447. The summed E-state index contributed by atoms with van der Waals surface area (Å²) < 4.78 is 66.3. The molecule has 0 aliphatic rings. The molecule has 0 radical (unpaired) electrons. The molecule has 0 aromatic carbocycles. The molecule has 0 rings (SSSR count). The molecule has 0 bridgehead atoms. The van der Waals surface area contributed by atoms with Gasteiger partial charge in [0.05, 0.1) is 5.75 Å². The van der Waals surface area contributed by atoms with Crippen LogP contribution in [0, 0.1) is 0 Å². The second kappa shape index (κ2) is 5.15. The van der Waals surface area contributed by atoms with Crippen molar-refractivity contribution in [2.75, 3.05) is 5.75 Å². The minimum absolute atomic E-state index is 0. The van der Waals surface area contributed by atoms with E-state index in [1.165, 1.54) is 0 Å². The molecule has 74 valence electrons. The number of hydrogen-bond donors (Lipinski definition) is 1. The number of halogens is 4. The summed E-state index contributed by atoms with van der Waals surface area (Å²) in [5, 5.41) is 0. The fourth-order valence-electron chi connectivity index (χ4n) is 0.149. The summed E-state index contributed by atoms with van der Waals surface area (Å²) in [6.07, 6.45) is 1.12. The molecule has 0 spiro atoms. The predicted molar refractivity (Wildman–Crippen MR) is 37.9 cm³/mol. The molecule has 3 nitrogen and oxygen atoms in total. The van der Waals surface area contributed by atoms with Crippen LogP contribution >= 0.6 is 0 Å². The van der Waals surface area contributed by atoms with E-state index in [9.17, 15) is 25.7 Å². The Morgan fingerprint density at radius 1 is 1.42 bits per heavy atom. The first kappa shape index (κ1) is 14.0. The number of rotatable bonds is 2. The van der Waals surface area contributed by atoms with E-state index in [4.69, 9.17) is 4.55 Å². The highest BCUT2D eigenvalue weighted by Crippen LogP contribution is 2.06. The van der Waals surface area contributed by atoms with Crippen molar-refractivity contribution in [3.8, 4) is 0 Å². The van der Waals surface area contributed by atoms with Gasteiger partial charge in [-0.2, -0.15) is 8.42 Å². The van der Waals surface area contributed by atoms with Crippen LogP contribution in [0.3, 0.4) is 0 Å². The first-order chi connectivity index (χ1) is 5.06. The molecule has 12 heavy (non-hydrogen) atoms. The molecular formula is C3H7BF4O3S. The van der Waals surface area contributed by atoms with Gasteiger partial charge in [0.1, 0.15) is 0 Å². The smallest absolute Gasteiger partial charge is 0.418 e. The summed E-state index contributed by atoms with van der Waals surface area (Å²) in [5.41, 5.74) is 0. The molecule has 0 atom stereocenters. The Balaban J connectivity index is -0.000000150. The summed E-state index contributed by atoms with van der Waals surface area (Å²) >= 11 is 0. The van der Waals surface area contributed by atoms with Crippen molar-refractivity contribution in [3.63, 3.8) is 0 Å². The summed E-state index contributed by atoms with van der Waals surface area (Å²) in [5.74, 6) is -0.368. The van der Waals surface area contributed by atoms with E-state index in [2.05, 4.69) is 6.58 Å². The van der Waals surface area contributed by atoms with E-state index in [-0.39, 0.29) is 7.18 Å². The van der Waals surface area contributed by atoms with Crippen molar-refractivity contribution in [2.45, 2.75) is 0 Å². The maximum atomic E-state index is 9.75. The van der Waals surface area contributed by atoms with Gasteiger partial charge in [-0.25, -0.2) is 0 Å². The minimum atomic E-state index is -6.00. The lowest BCUT2D eigenvalue weighted by atomic mass is 10.3. The Hall–Kier alpha value is -0.565. The van der Waals surface area contributed by atoms with Crippen molar-refractivity contribution in [1.29, 1.82) is 0 Å². The van der Waals surface area contributed by atoms with Gasteiger partial charge in [0.15, 0.2) is 0 Å². The minimum Gasteiger partial charge on any atom is -0.418 e. The van der Waals surface area contributed by atoms with Gasteiger partial charge < -0.3 is 17.3 Å². The van der Waals surface area contributed by atoms with Crippen LogP contribution in [0.1, 0.15) is 1.43 Å². The average Bonchev–Trinajstić information content (AvgIpc) is 1.54. The molecule has 0 aromatic heterocycles. The number of hydrogen-bond acceptors (Lipinski definition) is 2. The predicted octanol–water partition coefficient (Wildman–Crippen LogP) is 1.47. The zero-order valence-corrected chi connectivity index (χ0v) is 6.57. The highest BCUT2D eigenvalue weighted by atomic mass is 32.2. The lowest BCUT2D eigenvalue weighted by Crippen LogP contribution is -2.02. The van der Waals surface area contributed by atoms with Crippen molar-refractivity contribution < 1.29 is 31.7 Å². The maximum absolute atomic E-state index is 9.75. The van der Waals surface area contributed by atoms with Gasteiger partial charge in [0.2, 0.25) is 0 Å². The normalized spacial score (nSPS) is 11.4. The summed E-state index contributed by atoms with van der Waals surface area (Å²) in [4.78, 5) is 0. The van der Waals surface area contributed by atoms with E-state index in [0.717, 1.165) is 6.08 Å². The average molecular weight is 210 g/mol. The molecule has 0 saturated heterocycles. The largest absolute Gasteiger partial charge is 1.00 e. The van der Waals surface area contributed by atoms with E-state index in [0.29, 0.717) is 0 Å². The van der Waals surface area contributed by atoms with E-state index in [1.807, 2.05) is 0 Å². The standard InChI is InChI=1S/C3H6O3S.BF4/c1-2-3-7(4,5)6;2-1(3,4)5/h2H,1,3H2,(H,4,5,6);/q;-1/p+1. The third-order valence-electron chi connectivity index (χ3n) is 0.328. The molecule has 9 heteroatoms. The molecule has 0 aliphatic carbocycles. The maximum Gasteiger partial charge on any atom is 1.00 e. The Morgan fingerprint density at radius 3 is 1.67 bits per heavy atom. The van der Waals surface area contributed by atoms with E-state index >= 15 is 0 Å². The van der Waals surface area contributed by atoms with E-state index in [1.54, 1.807) is 0 Å². The Labute approximate surface area is 68.4 Å². The van der Waals surface area contributed by atoms with Crippen LogP contribution in [0.2, 0.25) is 0 Å². The monoisotopic (exact) mass is 210 g/mol. The van der Waals surface area contributed by atoms with Crippen LogP contribution < -0.4 is 0 Å². The molecule has 0 fully saturated rings. The van der Waals surface area contributed by atoms with Gasteiger partial charge in [-0.15, -0.1) is 6.58 Å². The summed E-state index contributed by atoms with van der Waals surface area (Å²) in [6.45, 7) is 3.11. The van der Waals surface area contributed by atoms with Crippen LogP contribution in [0.25, 0.3) is 0 Å². The van der Waals surface area contributed by atoms with Crippen molar-refractivity contribution in [1.82, 2.24) is 0 Å². The lowest BCUT2D eigenvalue weighted by molar-refractivity contribution is 0.368. The van der Waals surface area contributed by atoms with Crippen molar-refractivity contribution in [2.24, 2.45) is 0 Å².